The van der Waals surface area contributed by atoms with Crippen LogP contribution in [-0.2, 0) is 0 Å². The smallest absolute Gasteiger partial charge is 0.00987 e. The van der Waals surface area contributed by atoms with Gasteiger partial charge in [-0.15, -0.1) is 0 Å². The lowest BCUT2D eigenvalue weighted by Gasteiger charge is -2.13. The van der Waals surface area contributed by atoms with Crippen LogP contribution >= 0.6 is 9.39 Å². The average Bonchev–Trinajstić information content (AvgIpc) is 1.98. The molecule has 10 heavy (non-hydrogen) atoms. The summed E-state index contributed by atoms with van der Waals surface area (Å²) in [6.45, 7) is 4.48. The van der Waals surface area contributed by atoms with Crippen LogP contribution in [0.4, 0.5) is 0 Å². The first-order valence-corrected chi connectivity index (χ1v) is 4.89. The van der Waals surface area contributed by atoms with Gasteiger partial charge in [-0.2, -0.15) is 0 Å². The lowest BCUT2D eigenvalue weighted by Crippen LogP contribution is -2.19. The number of nitrogens with one attached hydrogen (secondary N) is 1. The summed E-state index contributed by atoms with van der Waals surface area (Å²) in [5, 5.41) is 3.25. The second-order valence-corrected chi connectivity index (χ2v) is 3.13. The van der Waals surface area contributed by atoms with Crippen LogP contribution in [0, 0.1) is 0 Å². The molecule has 0 spiro atoms. The summed E-state index contributed by atoms with van der Waals surface area (Å²) >= 11 is 0. The maximum atomic E-state index is 3.25. The van der Waals surface area contributed by atoms with Crippen molar-refractivity contribution >= 4 is 9.39 Å². The van der Waals surface area contributed by atoms with Crippen molar-refractivity contribution in [1.82, 2.24) is 5.09 Å². The van der Waals surface area contributed by atoms with E-state index in [-0.39, 0.29) is 0 Å². The van der Waals surface area contributed by atoms with E-state index in [1.54, 1.807) is 0 Å². The predicted molar refractivity (Wildman–Crippen MR) is 51.1 cm³/mol. The molecule has 62 valence electrons. The van der Waals surface area contributed by atoms with Crippen LogP contribution in [-0.4, -0.2) is 6.04 Å². The summed E-state index contributed by atoms with van der Waals surface area (Å²) in [5.41, 5.74) is 0. The third-order valence-corrected chi connectivity index (χ3v) is 2.25. The van der Waals surface area contributed by atoms with Crippen molar-refractivity contribution in [2.24, 2.45) is 0 Å². The molecule has 2 atom stereocenters. The van der Waals surface area contributed by atoms with Crippen LogP contribution in [0.15, 0.2) is 0 Å². The molecule has 1 N–H and O–H groups in total. The molecule has 0 aromatic carbocycles. The van der Waals surface area contributed by atoms with E-state index >= 15 is 0 Å². The molecule has 0 heterocycles. The second-order valence-electron chi connectivity index (χ2n) is 2.79. The Balaban J connectivity index is 3.21. The molecule has 0 fully saturated rings. The molecule has 2 heteroatoms. The summed E-state index contributed by atoms with van der Waals surface area (Å²) < 4.78 is 0. The van der Waals surface area contributed by atoms with Gasteiger partial charge >= 0.3 is 0 Å². The van der Waals surface area contributed by atoms with Gasteiger partial charge in [0.25, 0.3) is 0 Å². The zero-order valence-electron chi connectivity index (χ0n) is 7.19. The minimum atomic E-state index is 0.731. The van der Waals surface area contributed by atoms with Gasteiger partial charge in [0.1, 0.15) is 0 Å². The molecule has 0 aromatic heterocycles. The Morgan fingerprint density at radius 2 is 1.90 bits per heavy atom. The predicted octanol–water partition coefficient (Wildman–Crippen LogP) is 2.73. The Kier molecular flexibility index (Phi) is 7.79. The summed E-state index contributed by atoms with van der Waals surface area (Å²) in [5.74, 6) is 0. The van der Waals surface area contributed by atoms with Crippen molar-refractivity contribution in [2.45, 2.75) is 52.0 Å². The highest BCUT2D eigenvalue weighted by Crippen LogP contribution is 2.07. The minimum Gasteiger partial charge on any atom is -0.298 e. The van der Waals surface area contributed by atoms with E-state index in [0.717, 1.165) is 6.04 Å². The van der Waals surface area contributed by atoms with E-state index in [1.165, 1.54) is 32.1 Å². The highest BCUT2D eigenvalue weighted by Gasteiger charge is 2.01. The SMILES string of the molecule is CCCCC(CCC)NP. The standard InChI is InChI=1S/C8H20NP/c1-3-5-7-8(9-10)6-4-2/h8-9H,3-7,10H2,1-2H3. The Bertz CT molecular complexity index is 66.3. The van der Waals surface area contributed by atoms with Crippen LogP contribution in [0.5, 0.6) is 0 Å². The zero-order valence-corrected chi connectivity index (χ0v) is 8.34. The van der Waals surface area contributed by atoms with Crippen LogP contribution in [0.1, 0.15) is 46.0 Å². The van der Waals surface area contributed by atoms with Crippen molar-refractivity contribution in [1.29, 1.82) is 0 Å². The molecule has 0 aliphatic heterocycles. The van der Waals surface area contributed by atoms with Gasteiger partial charge < -0.3 is 0 Å². The molecule has 0 aliphatic rings. The number of hydrogen-bond donors (Lipinski definition) is 1. The van der Waals surface area contributed by atoms with Crippen molar-refractivity contribution in [3.8, 4) is 0 Å². The Hall–Kier alpha value is 0.390. The second kappa shape index (κ2) is 7.50. The molecular formula is C8H20NP. The van der Waals surface area contributed by atoms with E-state index in [1.807, 2.05) is 0 Å². The molecule has 2 unspecified atom stereocenters. The van der Waals surface area contributed by atoms with Crippen LogP contribution in [0.2, 0.25) is 0 Å². The highest BCUT2D eigenvalue weighted by atomic mass is 31.0. The van der Waals surface area contributed by atoms with Gasteiger partial charge in [-0.3, -0.25) is 5.09 Å². The maximum absolute atomic E-state index is 3.25. The average molecular weight is 161 g/mol. The third-order valence-electron chi connectivity index (χ3n) is 1.78. The minimum absolute atomic E-state index is 0.731. The number of unbranched alkanes of at least 4 members (excludes halogenated alkanes) is 1. The summed E-state index contributed by atoms with van der Waals surface area (Å²) in [6.07, 6.45) is 6.59. The number of hydrogen-bond acceptors (Lipinski definition) is 1. The zero-order chi connectivity index (χ0) is 7.82. The molecule has 0 aliphatic carbocycles. The first-order valence-electron chi connectivity index (χ1n) is 4.31. The third kappa shape index (κ3) is 5.20. The lowest BCUT2D eigenvalue weighted by molar-refractivity contribution is 0.509. The van der Waals surface area contributed by atoms with E-state index in [2.05, 4.69) is 28.3 Å². The van der Waals surface area contributed by atoms with Gasteiger partial charge in [0.2, 0.25) is 0 Å². The molecule has 0 aromatic rings. The van der Waals surface area contributed by atoms with Crippen LogP contribution in [0.25, 0.3) is 0 Å². The molecule has 0 saturated carbocycles. The Labute approximate surface area is 67.2 Å². The van der Waals surface area contributed by atoms with E-state index < -0.39 is 0 Å². The van der Waals surface area contributed by atoms with Gasteiger partial charge in [0.15, 0.2) is 0 Å². The lowest BCUT2D eigenvalue weighted by atomic mass is 10.1. The molecule has 1 nitrogen and oxygen atoms in total. The molecule has 0 radical (unpaired) electrons. The fourth-order valence-corrected chi connectivity index (χ4v) is 1.44. The molecular weight excluding hydrogens is 141 g/mol. The van der Waals surface area contributed by atoms with E-state index in [0.29, 0.717) is 0 Å². The van der Waals surface area contributed by atoms with Crippen molar-refractivity contribution in [3.05, 3.63) is 0 Å². The monoisotopic (exact) mass is 161 g/mol. The topological polar surface area (TPSA) is 12.0 Å². The van der Waals surface area contributed by atoms with Crippen molar-refractivity contribution < 1.29 is 0 Å². The Morgan fingerprint density at radius 3 is 2.30 bits per heavy atom. The Morgan fingerprint density at radius 1 is 1.20 bits per heavy atom. The van der Waals surface area contributed by atoms with Crippen molar-refractivity contribution in [2.75, 3.05) is 0 Å². The van der Waals surface area contributed by atoms with Gasteiger partial charge in [0, 0.05) is 6.04 Å². The quantitative estimate of drug-likeness (QED) is 0.590. The van der Waals surface area contributed by atoms with Crippen LogP contribution < -0.4 is 5.09 Å². The summed E-state index contributed by atoms with van der Waals surface area (Å²) in [4.78, 5) is 0. The fourth-order valence-electron chi connectivity index (χ4n) is 1.11. The first-order chi connectivity index (χ1) is 4.85. The van der Waals surface area contributed by atoms with Crippen molar-refractivity contribution in [3.63, 3.8) is 0 Å². The van der Waals surface area contributed by atoms with E-state index in [4.69, 9.17) is 0 Å². The summed E-state index contributed by atoms with van der Waals surface area (Å²) in [7, 11) is 2.61. The van der Waals surface area contributed by atoms with E-state index in [9.17, 15) is 0 Å². The van der Waals surface area contributed by atoms with Gasteiger partial charge in [-0.25, -0.2) is 0 Å². The molecule has 0 amide bonds. The number of rotatable bonds is 6. The molecule has 0 saturated heterocycles. The van der Waals surface area contributed by atoms with Gasteiger partial charge in [-0.05, 0) is 12.8 Å². The van der Waals surface area contributed by atoms with Gasteiger partial charge in [0.05, 0.1) is 0 Å². The fraction of sp³-hybridized carbons (Fsp3) is 1.00. The molecule has 0 rings (SSSR count). The normalized spacial score (nSPS) is 13.5. The summed E-state index contributed by atoms with van der Waals surface area (Å²) in [6, 6.07) is 0.731. The highest BCUT2D eigenvalue weighted by molar-refractivity contribution is 7.13. The van der Waals surface area contributed by atoms with Crippen LogP contribution in [0.3, 0.4) is 0 Å². The molecule has 0 bridgehead atoms. The van der Waals surface area contributed by atoms with Gasteiger partial charge in [-0.1, -0.05) is 42.5 Å². The largest absolute Gasteiger partial charge is 0.298 e. The maximum Gasteiger partial charge on any atom is 0.00987 e. The first kappa shape index (κ1) is 10.4.